The second-order valence-electron chi connectivity index (χ2n) is 9.76. The lowest BCUT2D eigenvalue weighted by atomic mass is 9.92. The van der Waals surface area contributed by atoms with E-state index in [0.717, 1.165) is 37.3 Å². The molecule has 2 fully saturated rings. The number of carbonyl (C=O) groups is 1. The van der Waals surface area contributed by atoms with Crippen LogP contribution in [0.3, 0.4) is 0 Å². The van der Waals surface area contributed by atoms with Gasteiger partial charge in [-0.3, -0.25) is 4.79 Å². The molecule has 0 saturated carbocycles. The molecule has 0 unspecified atom stereocenters. The van der Waals surface area contributed by atoms with Crippen molar-refractivity contribution in [3.63, 3.8) is 0 Å². The number of hydrogen-bond acceptors (Lipinski definition) is 5. The summed E-state index contributed by atoms with van der Waals surface area (Å²) in [6, 6.07) is 5.55. The molecule has 7 nitrogen and oxygen atoms in total. The van der Waals surface area contributed by atoms with Crippen LogP contribution in [0.4, 0.5) is 0 Å². The number of nitrogens with one attached hydrogen (secondary N) is 1. The van der Waals surface area contributed by atoms with E-state index in [0.29, 0.717) is 42.9 Å². The fraction of sp³-hybridized carbons (Fsp3) is 0.708. The van der Waals surface area contributed by atoms with Crippen molar-refractivity contribution in [1.29, 1.82) is 0 Å². The smallest absolute Gasteiger partial charge is 0.243 e. The van der Waals surface area contributed by atoms with Crippen LogP contribution in [0, 0.1) is 25.7 Å². The maximum absolute atomic E-state index is 13.7. The van der Waals surface area contributed by atoms with Gasteiger partial charge in [-0.15, -0.1) is 0 Å². The molecule has 2 aliphatic heterocycles. The lowest BCUT2D eigenvalue weighted by Crippen LogP contribution is -2.48. The van der Waals surface area contributed by atoms with Crippen molar-refractivity contribution in [3.05, 3.63) is 29.3 Å². The van der Waals surface area contributed by atoms with E-state index in [1.807, 2.05) is 30.9 Å². The van der Waals surface area contributed by atoms with Crippen molar-refractivity contribution in [2.45, 2.75) is 45.4 Å². The monoisotopic (exact) mass is 464 g/mol. The number of piperazine rings is 1. The Morgan fingerprint density at radius 2 is 1.75 bits per heavy atom. The molecule has 1 N–H and O–H groups in total. The minimum Gasteiger partial charge on any atom is -0.340 e. The quantitative estimate of drug-likeness (QED) is 0.638. The number of hydrogen-bond donors (Lipinski definition) is 1. The molecule has 1 amide bonds. The first kappa shape index (κ1) is 25.1. The summed E-state index contributed by atoms with van der Waals surface area (Å²) in [6.45, 7) is 14.6. The Balaban J connectivity index is 1.75. The molecule has 1 aromatic carbocycles. The van der Waals surface area contributed by atoms with E-state index in [4.69, 9.17) is 0 Å². The van der Waals surface area contributed by atoms with Gasteiger partial charge < -0.3 is 15.1 Å². The highest BCUT2D eigenvalue weighted by Crippen LogP contribution is 2.24. The van der Waals surface area contributed by atoms with Crippen LogP contribution < -0.4 is 5.32 Å². The van der Waals surface area contributed by atoms with Crippen molar-refractivity contribution in [3.8, 4) is 0 Å². The van der Waals surface area contributed by atoms with Crippen LogP contribution >= 0.6 is 0 Å². The van der Waals surface area contributed by atoms with E-state index < -0.39 is 10.0 Å². The zero-order chi connectivity index (χ0) is 23.3. The zero-order valence-electron chi connectivity index (χ0n) is 20.1. The Bertz CT molecular complexity index is 873. The van der Waals surface area contributed by atoms with Crippen LogP contribution in [0.15, 0.2) is 23.1 Å². The van der Waals surface area contributed by atoms with Crippen molar-refractivity contribution in [1.82, 2.24) is 19.4 Å². The molecule has 3 rings (SSSR count). The van der Waals surface area contributed by atoms with Gasteiger partial charge in [0, 0.05) is 65.3 Å². The molecule has 32 heavy (non-hydrogen) atoms. The summed E-state index contributed by atoms with van der Waals surface area (Å²) in [5, 5.41) is 3.25. The van der Waals surface area contributed by atoms with Gasteiger partial charge in [0.15, 0.2) is 0 Å². The molecule has 2 saturated heterocycles. The molecular weight excluding hydrogens is 424 g/mol. The largest absolute Gasteiger partial charge is 0.340 e. The fourth-order valence-electron chi connectivity index (χ4n) is 5.00. The van der Waals surface area contributed by atoms with Gasteiger partial charge >= 0.3 is 0 Å². The lowest BCUT2D eigenvalue weighted by Gasteiger charge is -2.36. The Labute approximate surface area is 194 Å². The summed E-state index contributed by atoms with van der Waals surface area (Å²) in [5.41, 5.74) is 1.67. The first-order chi connectivity index (χ1) is 15.2. The molecular formula is C24H40N4O3S. The van der Waals surface area contributed by atoms with Crippen molar-refractivity contribution in [2.75, 3.05) is 58.9 Å². The average molecular weight is 465 g/mol. The van der Waals surface area contributed by atoms with Crippen molar-refractivity contribution >= 4 is 15.9 Å². The van der Waals surface area contributed by atoms with Crippen LogP contribution in [0.2, 0.25) is 0 Å². The maximum atomic E-state index is 13.7. The number of aryl methyl sites for hydroxylation is 2. The van der Waals surface area contributed by atoms with E-state index in [-0.39, 0.29) is 18.9 Å². The van der Waals surface area contributed by atoms with Gasteiger partial charge in [-0.25, -0.2) is 8.42 Å². The number of piperidine rings is 1. The highest BCUT2D eigenvalue weighted by Gasteiger charge is 2.29. The Kier molecular flexibility index (Phi) is 8.72. The van der Waals surface area contributed by atoms with Gasteiger partial charge in [0.25, 0.3) is 0 Å². The predicted octanol–water partition coefficient (Wildman–Crippen LogP) is 2.09. The van der Waals surface area contributed by atoms with E-state index >= 15 is 0 Å². The van der Waals surface area contributed by atoms with E-state index in [1.165, 1.54) is 6.42 Å². The minimum absolute atomic E-state index is 0.0351. The SMILES string of the molecule is Cc1ccc(C)c(S(=O)(=O)N(CCC(=O)N2CCNCC2)CCN2C[C@H](C)C[C@H](C)C2)c1. The second-order valence-corrected chi connectivity index (χ2v) is 11.7. The standard InChI is InChI=1S/C24H40N4O3S/c1-19-5-6-22(4)23(16-19)32(30,31)28(10-7-24(29)27-11-8-25-9-12-27)14-13-26-17-20(2)15-21(3)18-26/h5-6,16,20-21,25H,7-15,17-18H2,1-4H3/t20-,21+. The average Bonchev–Trinajstić information content (AvgIpc) is 2.75. The first-order valence-electron chi connectivity index (χ1n) is 11.9. The molecule has 8 heteroatoms. The third kappa shape index (κ3) is 6.53. The third-order valence-electron chi connectivity index (χ3n) is 6.62. The summed E-state index contributed by atoms with van der Waals surface area (Å²) in [5.74, 6) is 1.28. The van der Waals surface area contributed by atoms with Crippen LogP contribution in [-0.4, -0.2) is 87.3 Å². The van der Waals surface area contributed by atoms with Gasteiger partial charge in [-0.05, 0) is 49.3 Å². The summed E-state index contributed by atoms with van der Waals surface area (Å²) in [4.78, 5) is 17.3. The summed E-state index contributed by atoms with van der Waals surface area (Å²) in [6.07, 6.45) is 1.44. The molecule has 2 aliphatic rings. The molecule has 0 spiro atoms. The predicted molar refractivity (Wildman–Crippen MR) is 128 cm³/mol. The summed E-state index contributed by atoms with van der Waals surface area (Å²) >= 11 is 0. The minimum atomic E-state index is -3.68. The zero-order valence-corrected chi connectivity index (χ0v) is 21.0. The topological polar surface area (TPSA) is 73.0 Å². The second kappa shape index (κ2) is 11.1. The van der Waals surface area contributed by atoms with Gasteiger partial charge in [-0.1, -0.05) is 26.0 Å². The summed E-state index contributed by atoms with van der Waals surface area (Å²) in [7, 11) is -3.68. The van der Waals surface area contributed by atoms with Crippen molar-refractivity contribution in [2.24, 2.45) is 11.8 Å². The van der Waals surface area contributed by atoms with Gasteiger partial charge in [0.1, 0.15) is 0 Å². The van der Waals surface area contributed by atoms with Gasteiger partial charge in [-0.2, -0.15) is 4.31 Å². The molecule has 2 heterocycles. The Morgan fingerprint density at radius 1 is 1.09 bits per heavy atom. The normalized spacial score (nSPS) is 23.0. The lowest BCUT2D eigenvalue weighted by molar-refractivity contribution is -0.131. The number of sulfonamides is 1. The maximum Gasteiger partial charge on any atom is 0.243 e. The molecule has 0 radical (unpaired) electrons. The van der Waals surface area contributed by atoms with Crippen LogP contribution in [-0.2, 0) is 14.8 Å². The van der Waals surface area contributed by atoms with Crippen LogP contribution in [0.25, 0.3) is 0 Å². The van der Waals surface area contributed by atoms with Crippen molar-refractivity contribution < 1.29 is 13.2 Å². The van der Waals surface area contributed by atoms with Crippen LogP contribution in [0.1, 0.15) is 37.8 Å². The number of rotatable bonds is 8. The summed E-state index contributed by atoms with van der Waals surface area (Å²) < 4.78 is 28.9. The van der Waals surface area contributed by atoms with Crippen LogP contribution in [0.5, 0.6) is 0 Å². The Hall–Kier alpha value is -1.48. The fourth-order valence-corrected chi connectivity index (χ4v) is 6.74. The van der Waals surface area contributed by atoms with Gasteiger partial charge in [0.05, 0.1) is 4.90 Å². The third-order valence-corrected chi connectivity index (χ3v) is 8.66. The Morgan fingerprint density at radius 3 is 2.41 bits per heavy atom. The van der Waals surface area contributed by atoms with Gasteiger partial charge in [0.2, 0.25) is 15.9 Å². The number of amides is 1. The van der Waals surface area contributed by atoms with E-state index in [2.05, 4.69) is 24.1 Å². The molecule has 0 aromatic heterocycles. The molecule has 0 aliphatic carbocycles. The molecule has 1 aromatic rings. The number of benzene rings is 1. The number of likely N-dealkylation sites (tertiary alicyclic amines) is 1. The molecule has 180 valence electrons. The number of carbonyl (C=O) groups excluding carboxylic acids is 1. The number of nitrogens with zero attached hydrogens (tertiary/aromatic N) is 3. The highest BCUT2D eigenvalue weighted by molar-refractivity contribution is 7.89. The highest BCUT2D eigenvalue weighted by atomic mass is 32.2. The van der Waals surface area contributed by atoms with E-state index in [9.17, 15) is 13.2 Å². The van der Waals surface area contributed by atoms with E-state index in [1.54, 1.807) is 10.4 Å². The first-order valence-corrected chi connectivity index (χ1v) is 13.4. The molecule has 0 bridgehead atoms. The molecule has 2 atom stereocenters.